The van der Waals surface area contributed by atoms with E-state index in [4.69, 9.17) is 10.8 Å². The number of carboxylic acid groups (broad SMARTS) is 1. The Balaban J connectivity index is 2.07. The van der Waals surface area contributed by atoms with E-state index >= 15 is 0 Å². The van der Waals surface area contributed by atoms with Crippen molar-refractivity contribution in [2.24, 2.45) is 5.92 Å². The molecule has 1 atom stereocenters. The molecule has 0 aromatic heterocycles. The fourth-order valence-corrected chi connectivity index (χ4v) is 2.53. The van der Waals surface area contributed by atoms with E-state index in [0.29, 0.717) is 11.3 Å². The molecule has 0 radical (unpaired) electrons. The first kappa shape index (κ1) is 13.9. The summed E-state index contributed by atoms with van der Waals surface area (Å²) in [7, 11) is 0. The van der Waals surface area contributed by atoms with Crippen molar-refractivity contribution >= 4 is 33.5 Å². The predicted octanol–water partition coefficient (Wildman–Crippen LogP) is 2.01. The predicted molar refractivity (Wildman–Crippen MR) is 74.8 cm³/mol. The Hall–Kier alpha value is -1.56. The van der Waals surface area contributed by atoms with Gasteiger partial charge in [-0.15, -0.1) is 0 Å². The van der Waals surface area contributed by atoms with Gasteiger partial charge in [-0.05, 0) is 37.0 Å². The molecule has 1 saturated carbocycles. The lowest BCUT2D eigenvalue weighted by Crippen LogP contribution is -2.38. The third-order valence-corrected chi connectivity index (χ3v) is 3.54. The monoisotopic (exact) mass is 326 g/mol. The molecule has 6 heteroatoms. The Morgan fingerprint density at radius 1 is 1.42 bits per heavy atom. The summed E-state index contributed by atoms with van der Waals surface area (Å²) in [6.07, 6.45) is 1.90. The summed E-state index contributed by atoms with van der Waals surface area (Å²) in [5.41, 5.74) is 6.60. The van der Waals surface area contributed by atoms with E-state index in [1.165, 1.54) is 0 Å². The van der Waals surface area contributed by atoms with Crippen molar-refractivity contribution in [3.63, 3.8) is 0 Å². The van der Waals surface area contributed by atoms with Crippen LogP contribution in [0.25, 0.3) is 0 Å². The molecule has 0 aliphatic heterocycles. The third-order valence-electron chi connectivity index (χ3n) is 3.08. The number of halogens is 1. The average molecular weight is 327 g/mol. The summed E-state index contributed by atoms with van der Waals surface area (Å²) in [6, 6.07) is 4.64. The van der Waals surface area contributed by atoms with Crippen molar-refractivity contribution in [1.82, 2.24) is 5.32 Å². The van der Waals surface area contributed by atoms with Crippen LogP contribution >= 0.6 is 15.9 Å². The molecule has 1 aromatic rings. The number of nitrogens with one attached hydrogen (secondary N) is 1. The first-order chi connectivity index (χ1) is 8.95. The zero-order chi connectivity index (χ0) is 14.0. The minimum Gasteiger partial charge on any atom is -0.481 e. The highest BCUT2D eigenvalue weighted by Crippen LogP contribution is 2.34. The van der Waals surface area contributed by atoms with Crippen LogP contribution in [0.3, 0.4) is 0 Å². The summed E-state index contributed by atoms with van der Waals surface area (Å²) in [5.74, 6) is -0.901. The number of nitrogens with two attached hydrogens (primary N) is 1. The largest absolute Gasteiger partial charge is 0.481 e. The van der Waals surface area contributed by atoms with Crippen molar-refractivity contribution in [2.75, 3.05) is 5.73 Å². The normalized spacial score (nSPS) is 15.8. The molecule has 0 bridgehead atoms. The number of hydrogen-bond donors (Lipinski definition) is 3. The van der Waals surface area contributed by atoms with E-state index in [1.54, 1.807) is 18.2 Å². The van der Waals surface area contributed by atoms with Gasteiger partial charge in [0.25, 0.3) is 5.91 Å². The number of aliphatic carboxylic acids is 1. The fourth-order valence-electron chi connectivity index (χ4n) is 2.02. The maximum absolute atomic E-state index is 12.1. The highest BCUT2D eigenvalue weighted by molar-refractivity contribution is 9.10. The van der Waals surface area contributed by atoms with Crippen molar-refractivity contribution < 1.29 is 14.7 Å². The van der Waals surface area contributed by atoms with Gasteiger partial charge in [0.15, 0.2) is 0 Å². The molecule has 1 amide bonds. The summed E-state index contributed by atoms with van der Waals surface area (Å²) < 4.78 is 0.721. The lowest BCUT2D eigenvalue weighted by molar-refractivity contribution is -0.137. The molecule has 1 aliphatic rings. The van der Waals surface area contributed by atoms with Gasteiger partial charge in [-0.3, -0.25) is 9.59 Å². The molecule has 0 spiro atoms. The number of carbonyl (C=O) groups excluding carboxylic acids is 1. The maximum Gasteiger partial charge on any atom is 0.305 e. The first-order valence-electron chi connectivity index (χ1n) is 6.04. The van der Waals surface area contributed by atoms with Crippen LogP contribution in [0, 0.1) is 5.92 Å². The molecule has 102 valence electrons. The molecule has 1 aliphatic carbocycles. The van der Waals surface area contributed by atoms with Crippen molar-refractivity contribution in [1.29, 1.82) is 0 Å². The van der Waals surface area contributed by atoms with Gasteiger partial charge in [0.1, 0.15) is 0 Å². The molecule has 0 saturated heterocycles. The Labute approximate surface area is 119 Å². The van der Waals surface area contributed by atoms with Crippen LogP contribution in [0.5, 0.6) is 0 Å². The smallest absolute Gasteiger partial charge is 0.305 e. The molecule has 19 heavy (non-hydrogen) atoms. The Bertz CT molecular complexity index is 494. The molecule has 1 aromatic carbocycles. The van der Waals surface area contributed by atoms with Gasteiger partial charge < -0.3 is 16.2 Å². The number of rotatable bonds is 5. The van der Waals surface area contributed by atoms with Crippen molar-refractivity contribution in [3.8, 4) is 0 Å². The van der Waals surface area contributed by atoms with Crippen LogP contribution < -0.4 is 11.1 Å². The topological polar surface area (TPSA) is 92.4 Å². The Kier molecular flexibility index (Phi) is 4.09. The van der Waals surface area contributed by atoms with Gasteiger partial charge in [0, 0.05) is 21.8 Å². The molecular formula is C13H15BrN2O3. The van der Waals surface area contributed by atoms with E-state index in [1.807, 2.05) is 0 Å². The minimum atomic E-state index is -0.897. The highest BCUT2D eigenvalue weighted by atomic mass is 79.9. The SMILES string of the molecule is Nc1cc(Br)cc(C(=O)NC(CC(=O)O)C2CC2)c1. The number of anilines is 1. The molecule has 4 N–H and O–H groups in total. The standard InChI is InChI=1S/C13H15BrN2O3/c14-9-3-8(4-10(15)5-9)13(19)16-11(6-12(17)18)7-1-2-7/h3-5,7,11H,1-2,6,15H2,(H,16,19)(H,17,18). The summed E-state index contributed by atoms with van der Waals surface area (Å²) in [5, 5.41) is 11.6. The fraction of sp³-hybridized carbons (Fsp3) is 0.385. The quantitative estimate of drug-likeness (QED) is 0.722. The zero-order valence-corrected chi connectivity index (χ0v) is 11.8. The number of amides is 1. The van der Waals surface area contributed by atoms with E-state index in [0.717, 1.165) is 17.3 Å². The molecular weight excluding hydrogens is 312 g/mol. The van der Waals surface area contributed by atoms with Crippen LogP contribution in [0.15, 0.2) is 22.7 Å². The number of carbonyl (C=O) groups is 2. The zero-order valence-electron chi connectivity index (χ0n) is 10.2. The lowest BCUT2D eigenvalue weighted by Gasteiger charge is -2.16. The highest BCUT2D eigenvalue weighted by Gasteiger charge is 2.33. The van der Waals surface area contributed by atoms with Crippen LogP contribution in [-0.4, -0.2) is 23.0 Å². The maximum atomic E-state index is 12.1. The number of benzene rings is 1. The van der Waals surface area contributed by atoms with Gasteiger partial charge in [0.05, 0.1) is 6.42 Å². The van der Waals surface area contributed by atoms with Gasteiger partial charge in [-0.25, -0.2) is 0 Å². The molecule has 0 heterocycles. The lowest BCUT2D eigenvalue weighted by atomic mass is 10.1. The minimum absolute atomic E-state index is 0.0418. The second-order valence-electron chi connectivity index (χ2n) is 4.79. The third kappa shape index (κ3) is 3.96. The first-order valence-corrected chi connectivity index (χ1v) is 6.83. The second-order valence-corrected chi connectivity index (χ2v) is 5.70. The number of carboxylic acids is 1. The summed E-state index contributed by atoms with van der Waals surface area (Å²) >= 11 is 3.27. The van der Waals surface area contributed by atoms with Gasteiger partial charge in [-0.1, -0.05) is 15.9 Å². The van der Waals surface area contributed by atoms with Gasteiger partial charge in [-0.2, -0.15) is 0 Å². The number of nitrogen functional groups attached to an aromatic ring is 1. The molecule has 5 nitrogen and oxygen atoms in total. The molecule has 2 rings (SSSR count). The summed E-state index contributed by atoms with van der Waals surface area (Å²) in [4.78, 5) is 22.9. The van der Waals surface area contributed by atoms with Crippen LogP contribution in [0.4, 0.5) is 5.69 Å². The van der Waals surface area contributed by atoms with Gasteiger partial charge in [0.2, 0.25) is 0 Å². The van der Waals surface area contributed by atoms with Gasteiger partial charge >= 0.3 is 5.97 Å². The van der Waals surface area contributed by atoms with E-state index < -0.39 is 5.97 Å². The molecule has 1 unspecified atom stereocenters. The van der Waals surface area contributed by atoms with Crippen LogP contribution in [0.2, 0.25) is 0 Å². The average Bonchev–Trinajstić information content (AvgIpc) is 3.09. The second kappa shape index (κ2) is 5.61. The molecule has 1 fully saturated rings. The van der Waals surface area contributed by atoms with Crippen molar-refractivity contribution in [2.45, 2.75) is 25.3 Å². The Morgan fingerprint density at radius 2 is 2.11 bits per heavy atom. The van der Waals surface area contributed by atoms with E-state index in [2.05, 4.69) is 21.2 Å². The van der Waals surface area contributed by atoms with Crippen LogP contribution in [0.1, 0.15) is 29.6 Å². The number of hydrogen-bond acceptors (Lipinski definition) is 3. The van der Waals surface area contributed by atoms with E-state index in [-0.39, 0.29) is 24.3 Å². The Morgan fingerprint density at radius 3 is 2.63 bits per heavy atom. The summed E-state index contributed by atoms with van der Waals surface area (Å²) in [6.45, 7) is 0. The van der Waals surface area contributed by atoms with E-state index in [9.17, 15) is 9.59 Å². The van der Waals surface area contributed by atoms with Crippen LogP contribution in [-0.2, 0) is 4.79 Å². The van der Waals surface area contributed by atoms with Crippen molar-refractivity contribution in [3.05, 3.63) is 28.2 Å².